The van der Waals surface area contributed by atoms with Crippen molar-refractivity contribution < 1.29 is 29.3 Å². The lowest BCUT2D eigenvalue weighted by molar-refractivity contribution is -0.182. The topological polar surface area (TPSA) is 93.1 Å². The zero-order valence-corrected chi connectivity index (χ0v) is 17.7. The van der Waals surface area contributed by atoms with Gasteiger partial charge in [-0.1, -0.05) is 32.1 Å². The number of carbonyl (C=O) groups excluding carboxylic acids is 2. The van der Waals surface area contributed by atoms with E-state index in [1.54, 1.807) is 26.0 Å². The summed E-state index contributed by atoms with van der Waals surface area (Å²) >= 11 is 0. The summed E-state index contributed by atoms with van der Waals surface area (Å²) in [4.78, 5) is 24.4. The van der Waals surface area contributed by atoms with Gasteiger partial charge in [-0.15, -0.1) is 0 Å². The number of esters is 2. The highest BCUT2D eigenvalue weighted by Crippen LogP contribution is 2.36. The predicted octanol–water partition coefficient (Wildman–Crippen LogP) is 3.21. The summed E-state index contributed by atoms with van der Waals surface area (Å²) < 4.78 is 11.3. The Morgan fingerprint density at radius 1 is 1.21 bits per heavy atom. The van der Waals surface area contributed by atoms with Crippen LogP contribution in [0.3, 0.4) is 0 Å². The Morgan fingerprint density at radius 3 is 2.50 bits per heavy atom. The minimum atomic E-state index is -1.19. The summed E-state index contributed by atoms with van der Waals surface area (Å²) in [6, 6.07) is 0. The first-order valence-corrected chi connectivity index (χ1v) is 10.1. The molecule has 0 fully saturated rings. The third kappa shape index (κ3) is 5.45. The molecule has 28 heavy (non-hydrogen) atoms. The van der Waals surface area contributed by atoms with E-state index in [4.69, 9.17) is 9.47 Å². The SMILES string of the molecule is CC(=O)OC1CCC(C)(O)C=CC(O)(C(C)C)CCC2=CCCC1(C)OC2=O. The van der Waals surface area contributed by atoms with Gasteiger partial charge in [0.15, 0.2) is 0 Å². The standard InChI is InChI=1S/C22H34O6/c1-15(2)22(26)12-8-17-7-6-10-21(5,28-19(17)24)18(27-16(3)23)9-11-20(4,25)13-14-22/h7,13-15,18,25-26H,6,8-12H2,1-5H3. The van der Waals surface area contributed by atoms with Crippen LogP contribution in [0.5, 0.6) is 0 Å². The zero-order valence-electron chi connectivity index (χ0n) is 17.7. The second kappa shape index (κ2) is 8.37. The summed E-state index contributed by atoms with van der Waals surface area (Å²) in [5.41, 5.74) is -2.78. The van der Waals surface area contributed by atoms with E-state index in [1.807, 2.05) is 19.9 Å². The molecule has 0 saturated carbocycles. The summed E-state index contributed by atoms with van der Waals surface area (Å²) in [6.07, 6.45) is 6.94. The lowest BCUT2D eigenvalue weighted by Gasteiger charge is -2.36. The maximum Gasteiger partial charge on any atom is 0.334 e. The van der Waals surface area contributed by atoms with Crippen LogP contribution in [0.15, 0.2) is 23.8 Å². The molecule has 0 amide bonds. The molecular formula is C22H34O6. The van der Waals surface area contributed by atoms with E-state index in [2.05, 4.69) is 0 Å². The van der Waals surface area contributed by atoms with E-state index in [0.29, 0.717) is 44.1 Å². The van der Waals surface area contributed by atoms with Crippen molar-refractivity contribution >= 4 is 11.9 Å². The van der Waals surface area contributed by atoms with Crippen LogP contribution in [-0.4, -0.2) is 45.1 Å². The fourth-order valence-corrected chi connectivity index (χ4v) is 3.79. The molecule has 6 heteroatoms. The van der Waals surface area contributed by atoms with Crippen molar-refractivity contribution in [2.45, 2.75) is 96.1 Å². The van der Waals surface area contributed by atoms with E-state index < -0.39 is 34.8 Å². The van der Waals surface area contributed by atoms with Gasteiger partial charge in [0.25, 0.3) is 0 Å². The maximum absolute atomic E-state index is 12.8. The molecule has 0 aromatic rings. The highest BCUT2D eigenvalue weighted by atomic mass is 16.6. The molecule has 2 aliphatic rings. The Balaban J connectivity index is 2.44. The Morgan fingerprint density at radius 2 is 1.89 bits per heavy atom. The summed E-state index contributed by atoms with van der Waals surface area (Å²) in [7, 11) is 0. The van der Waals surface area contributed by atoms with Gasteiger partial charge in [-0.25, -0.2) is 4.79 Å². The van der Waals surface area contributed by atoms with E-state index in [0.717, 1.165) is 0 Å². The molecular weight excluding hydrogens is 360 g/mol. The molecule has 0 saturated heterocycles. The zero-order chi connectivity index (χ0) is 21.2. The van der Waals surface area contributed by atoms with E-state index >= 15 is 0 Å². The molecule has 2 rings (SSSR count). The molecule has 2 aliphatic heterocycles. The fraction of sp³-hybridized carbons (Fsp3) is 0.727. The van der Waals surface area contributed by atoms with Crippen molar-refractivity contribution in [1.29, 1.82) is 0 Å². The minimum absolute atomic E-state index is 0.0915. The van der Waals surface area contributed by atoms with Crippen molar-refractivity contribution in [1.82, 2.24) is 0 Å². The Labute approximate surface area is 167 Å². The van der Waals surface area contributed by atoms with Gasteiger partial charge in [0, 0.05) is 12.5 Å². The monoisotopic (exact) mass is 394 g/mol. The Kier molecular flexibility index (Phi) is 6.77. The van der Waals surface area contributed by atoms with Crippen LogP contribution in [-0.2, 0) is 19.1 Å². The molecule has 6 nitrogen and oxygen atoms in total. The first-order chi connectivity index (χ1) is 12.9. The summed E-state index contributed by atoms with van der Waals surface area (Å²) in [5, 5.41) is 21.9. The van der Waals surface area contributed by atoms with Gasteiger partial charge in [0.1, 0.15) is 11.7 Å². The molecule has 0 aromatic heterocycles. The van der Waals surface area contributed by atoms with Crippen LogP contribution in [0.1, 0.15) is 73.1 Å². The average Bonchev–Trinajstić information content (AvgIpc) is 2.72. The summed E-state index contributed by atoms with van der Waals surface area (Å²) in [6.45, 7) is 8.59. The minimum Gasteiger partial charge on any atom is -0.458 e. The number of fused-ring (bicyclic) bond motifs is 3. The number of aliphatic hydroxyl groups is 2. The Bertz CT molecular complexity index is 662. The Hall–Kier alpha value is -1.66. The largest absolute Gasteiger partial charge is 0.458 e. The second-order valence-electron chi connectivity index (χ2n) is 8.94. The number of hydrogen-bond donors (Lipinski definition) is 2. The van der Waals surface area contributed by atoms with Crippen molar-refractivity contribution in [3.8, 4) is 0 Å². The summed E-state index contributed by atoms with van der Waals surface area (Å²) in [5.74, 6) is -0.974. The lowest BCUT2D eigenvalue weighted by atomic mass is 9.82. The van der Waals surface area contributed by atoms with Crippen LogP contribution in [0, 0.1) is 5.92 Å². The van der Waals surface area contributed by atoms with Crippen LogP contribution in [0.2, 0.25) is 0 Å². The van der Waals surface area contributed by atoms with Crippen molar-refractivity contribution in [3.63, 3.8) is 0 Å². The highest BCUT2D eigenvalue weighted by molar-refractivity contribution is 5.89. The number of allylic oxidation sites excluding steroid dienone is 1. The average molecular weight is 395 g/mol. The molecule has 2 bridgehead atoms. The number of carbonyl (C=O) groups is 2. The van der Waals surface area contributed by atoms with Gasteiger partial charge in [-0.05, 0) is 58.3 Å². The first-order valence-electron chi connectivity index (χ1n) is 10.1. The highest BCUT2D eigenvalue weighted by Gasteiger charge is 2.43. The lowest BCUT2D eigenvalue weighted by Crippen LogP contribution is -2.46. The third-order valence-corrected chi connectivity index (χ3v) is 6.05. The fourth-order valence-electron chi connectivity index (χ4n) is 3.79. The number of rotatable bonds is 2. The molecule has 2 N–H and O–H groups in total. The quantitative estimate of drug-likeness (QED) is 0.552. The molecule has 4 atom stereocenters. The van der Waals surface area contributed by atoms with Crippen LogP contribution in [0.25, 0.3) is 0 Å². The normalized spacial score (nSPS) is 37.2. The van der Waals surface area contributed by atoms with E-state index in [-0.39, 0.29) is 5.92 Å². The molecule has 0 aromatic carbocycles. The van der Waals surface area contributed by atoms with E-state index in [1.165, 1.54) is 6.92 Å². The molecule has 0 spiro atoms. The van der Waals surface area contributed by atoms with Gasteiger partial charge in [-0.2, -0.15) is 0 Å². The van der Waals surface area contributed by atoms with E-state index in [9.17, 15) is 19.8 Å². The number of hydrogen-bond acceptors (Lipinski definition) is 6. The number of ether oxygens (including phenoxy) is 2. The predicted molar refractivity (Wildman–Crippen MR) is 105 cm³/mol. The molecule has 158 valence electrons. The van der Waals surface area contributed by atoms with Gasteiger partial charge >= 0.3 is 11.9 Å². The smallest absolute Gasteiger partial charge is 0.334 e. The van der Waals surface area contributed by atoms with Crippen molar-refractivity contribution in [2.24, 2.45) is 5.92 Å². The van der Waals surface area contributed by atoms with Gasteiger partial charge < -0.3 is 19.7 Å². The van der Waals surface area contributed by atoms with Crippen molar-refractivity contribution in [3.05, 3.63) is 23.8 Å². The molecule has 0 radical (unpaired) electrons. The first kappa shape index (κ1) is 22.6. The maximum atomic E-state index is 12.8. The molecule has 0 aliphatic carbocycles. The van der Waals surface area contributed by atoms with Gasteiger partial charge in [0.2, 0.25) is 0 Å². The van der Waals surface area contributed by atoms with Crippen LogP contribution in [0.4, 0.5) is 0 Å². The molecule has 4 unspecified atom stereocenters. The van der Waals surface area contributed by atoms with Crippen LogP contribution >= 0.6 is 0 Å². The third-order valence-electron chi connectivity index (χ3n) is 6.05. The van der Waals surface area contributed by atoms with Crippen LogP contribution < -0.4 is 0 Å². The second-order valence-corrected chi connectivity index (χ2v) is 8.94. The molecule has 2 heterocycles. The van der Waals surface area contributed by atoms with Crippen molar-refractivity contribution in [2.75, 3.05) is 0 Å². The van der Waals surface area contributed by atoms with Gasteiger partial charge in [0.05, 0.1) is 11.2 Å². The van der Waals surface area contributed by atoms with Gasteiger partial charge in [-0.3, -0.25) is 4.79 Å².